The Morgan fingerprint density at radius 1 is 1.08 bits per heavy atom. The Morgan fingerprint density at radius 3 is 2.58 bits per heavy atom. The molecule has 2 aliphatic rings. The van der Waals surface area contributed by atoms with Crippen LogP contribution in [0.2, 0.25) is 0 Å². The summed E-state index contributed by atoms with van der Waals surface area (Å²) >= 11 is 0. The molecule has 182 valence electrons. The molecule has 0 aliphatic carbocycles. The summed E-state index contributed by atoms with van der Waals surface area (Å²) in [6.07, 6.45) is 1.76. The first-order valence-corrected chi connectivity index (χ1v) is 12.1. The SMILES string of the molecule is COC(=O)[C@@]1(Cn2cnc3ccccc32)[C@H](c2ccc(C)cc2)CN(C)[C@]12C(=O)Nc1ccccc12. The maximum Gasteiger partial charge on any atom is 0.317 e. The summed E-state index contributed by atoms with van der Waals surface area (Å²) in [5.41, 5.74) is 2.85. The van der Waals surface area contributed by atoms with Crippen molar-refractivity contribution in [3.8, 4) is 0 Å². The highest BCUT2D eigenvalue weighted by atomic mass is 16.5. The average Bonchev–Trinajstić information content (AvgIpc) is 3.52. The molecule has 3 aromatic carbocycles. The minimum absolute atomic E-state index is 0.212. The normalized spacial score (nSPS) is 25.3. The van der Waals surface area contributed by atoms with Crippen molar-refractivity contribution in [2.75, 3.05) is 26.0 Å². The van der Waals surface area contributed by atoms with E-state index in [0.717, 1.165) is 33.4 Å². The highest BCUT2D eigenvalue weighted by Gasteiger charge is 2.74. The Kier molecular flexibility index (Phi) is 5.02. The van der Waals surface area contributed by atoms with Gasteiger partial charge in [-0.15, -0.1) is 0 Å². The maximum absolute atomic E-state index is 14.2. The Labute approximate surface area is 209 Å². The van der Waals surface area contributed by atoms with Gasteiger partial charge in [0.2, 0.25) is 0 Å². The summed E-state index contributed by atoms with van der Waals surface area (Å²) < 4.78 is 7.58. The number of esters is 1. The number of nitrogens with zero attached hydrogens (tertiary/aromatic N) is 3. The molecule has 0 unspecified atom stereocenters. The number of aromatic nitrogens is 2. The Bertz CT molecular complexity index is 1490. The number of benzene rings is 3. The third-order valence-electron chi connectivity index (χ3n) is 8.14. The van der Waals surface area contributed by atoms with Gasteiger partial charge in [0.25, 0.3) is 5.91 Å². The van der Waals surface area contributed by atoms with Gasteiger partial charge in [-0.05, 0) is 37.7 Å². The Hall–Kier alpha value is -3.97. The molecule has 4 aromatic rings. The molecule has 2 aliphatic heterocycles. The zero-order chi connectivity index (χ0) is 25.1. The lowest BCUT2D eigenvalue weighted by atomic mass is 9.60. The van der Waals surface area contributed by atoms with Gasteiger partial charge in [0.05, 0.1) is 24.5 Å². The highest BCUT2D eigenvalue weighted by molar-refractivity contribution is 6.10. The van der Waals surface area contributed by atoms with Crippen LogP contribution < -0.4 is 5.32 Å². The summed E-state index contributed by atoms with van der Waals surface area (Å²) in [7, 11) is 3.34. The number of para-hydroxylation sites is 3. The number of imidazole rings is 1. The fraction of sp³-hybridized carbons (Fsp3) is 0.276. The zero-order valence-electron chi connectivity index (χ0n) is 20.6. The molecular formula is C29H28N4O3. The van der Waals surface area contributed by atoms with Crippen LogP contribution in [-0.2, 0) is 26.4 Å². The number of hydrogen-bond donors (Lipinski definition) is 1. The lowest BCUT2D eigenvalue weighted by molar-refractivity contribution is -0.165. The second-order valence-electron chi connectivity index (χ2n) is 9.88. The number of anilines is 1. The maximum atomic E-state index is 14.2. The minimum atomic E-state index is -1.27. The molecule has 7 nitrogen and oxygen atoms in total. The molecule has 0 radical (unpaired) electrons. The van der Waals surface area contributed by atoms with E-state index in [0.29, 0.717) is 6.54 Å². The van der Waals surface area contributed by atoms with Crippen molar-refractivity contribution in [3.63, 3.8) is 0 Å². The van der Waals surface area contributed by atoms with E-state index in [1.807, 2.05) is 72.0 Å². The summed E-state index contributed by atoms with van der Waals surface area (Å²) in [4.78, 5) is 35.0. The minimum Gasteiger partial charge on any atom is -0.468 e. The van der Waals surface area contributed by atoms with Gasteiger partial charge in [0.15, 0.2) is 0 Å². The average molecular weight is 481 g/mol. The van der Waals surface area contributed by atoms with Crippen molar-refractivity contribution in [1.29, 1.82) is 0 Å². The first kappa shape index (κ1) is 22.5. The van der Waals surface area contributed by atoms with Crippen LogP contribution in [0.5, 0.6) is 0 Å². The number of hydrogen-bond acceptors (Lipinski definition) is 5. The number of nitrogens with one attached hydrogen (secondary N) is 1. The van der Waals surface area contributed by atoms with Crippen molar-refractivity contribution in [2.45, 2.75) is 24.9 Å². The van der Waals surface area contributed by atoms with Crippen LogP contribution in [0.4, 0.5) is 5.69 Å². The van der Waals surface area contributed by atoms with E-state index in [-0.39, 0.29) is 18.4 Å². The summed E-state index contributed by atoms with van der Waals surface area (Å²) in [6.45, 7) is 2.77. The van der Waals surface area contributed by atoms with Crippen LogP contribution in [-0.4, -0.2) is 47.0 Å². The number of methoxy groups -OCH3 is 1. The fourth-order valence-corrected chi connectivity index (χ4v) is 6.58. The standard InChI is InChI=1S/C29H28N4O3/c1-19-12-14-20(15-13-19)22-16-32(2)29(21-8-4-5-9-23(21)31-26(29)34)28(22,27(35)36-3)17-33-18-30-24-10-6-7-11-25(24)33/h4-15,18,22H,16-17H2,1-3H3,(H,31,34)/t22-,28+,29+/m0/s1. The molecule has 3 atom stereocenters. The van der Waals surface area contributed by atoms with Crippen LogP contribution in [0.3, 0.4) is 0 Å². The summed E-state index contributed by atoms with van der Waals surface area (Å²) in [5, 5.41) is 3.08. The second kappa shape index (κ2) is 8.03. The molecule has 1 aromatic heterocycles. The Balaban J connectivity index is 1.68. The van der Waals surface area contributed by atoms with E-state index in [2.05, 4.69) is 34.6 Å². The van der Waals surface area contributed by atoms with Gasteiger partial charge < -0.3 is 14.6 Å². The number of fused-ring (bicyclic) bond motifs is 3. The van der Waals surface area contributed by atoms with E-state index in [1.54, 1.807) is 6.33 Å². The smallest absolute Gasteiger partial charge is 0.317 e. The number of aryl methyl sites for hydroxylation is 1. The van der Waals surface area contributed by atoms with Gasteiger partial charge in [-0.2, -0.15) is 0 Å². The lowest BCUT2D eigenvalue weighted by Crippen LogP contribution is -2.60. The van der Waals surface area contributed by atoms with Crippen LogP contribution in [0.1, 0.15) is 22.6 Å². The van der Waals surface area contributed by atoms with Crippen LogP contribution >= 0.6 is 0 Å². The number of rotatable bonds is 4. The van der Waals surface area contributed by atoms with E-state index < -0.39 is 16.9 Å². The van der Waals surface area contributed by atoms with E-state index in [9.17, 15) is 9.59 Å². The summed E-state index contributed by atoms with van der Waals surface area (Å²) in [5.74, 6) is -0.939. The van der Waals surface area contributed by atoms with E-state index in [1.165, 1.54) is 7.11 Å². The van der Waals surface area contributed by atoms with Gasteiger partial charge in [0.1, 0.15) is 11.0 Å². The number of likely N-dealkylation sites (tertiary alicyclic amines) is 1. The molecule has 0 bridgehead atoms. The Morgan fingerprint density at radius 2 is 1.81 bits per heavy atom. The van der Waals surface area contributed by atoms with Crippen molar-refractivity contribution < 1.29 is 14.3 Å². The van der Waals surface area contributed by atoms with Crippen LogP contribution in [0, 0.1) is 12.3 Å². The van der Waals surface area contributed by atoms with E-state index >= 15 is 0 Å². The predicted molar refractivity (Wildman–Crippen MR) is 137 cm³/mol. The first-order chi connectivity index (χ1) is 17.4. The van der Waals surface area contributed by atoms with Gasteiger partial charge in [-0.3, -0.25) is 14.5 Å². The van der Waals surface area contributed by atoms with Crippen molar-refractivity contribution >= 4 is 28.6 Å². The molecule has 36 heavy (non-hydrogen) atoms. The second-order valence-corrected chi connectivity index (χ2v) is 9.88. The van der Waals surface area contributed by atoms with Gasteiger partial charge in [0, 0.05) is 30.3 Å². The summed E-state index contributed by atoms with van der Waals surface area (Å²) in [6, 6.07) is 23.7. The van der Waals surface area contributed by atoms with E-state index in [4.69, 9.17) is 4.74 Å². The number of carbonyl (C=O) groups excluding carboxylic acids is 2. The van der Waals surface area contributed by atoms with Crippen LogP contribution in [0.15, 0.2) is 79.1 Å². The lowest BCUT2D eigenvalue weighted by Gasteiger charge is -2.45. The zero-order valence-corrected chi connectivity index (χ0v) is 20.6. The molecule has 1 N–H and O–H groups in total. The number of ether oxygens (including phenoxy) is 1. The van der Waals surface area contributed by atoms with Gasteiger partial charge in [-0.1, -0.05) is 60.2 Å². The first-order valence-electron chi connectivity index (χ1n) is 12.1. The number of likely N-dealkylation sites (N-methyl/N-ethyl adjacent to an activating group) is 1. The fourth-order valence-electron chi connectivity index (χ4n) is 6.58. The molecule has 1 saturated heterocycles. The van der Waals surface area contributed by atoms with Gasteiger partial charge in [-0.25, -0.2) is 4.98 Å². The third-order valence-corrected chi connectivity index (χ3v) is 8.14. The van der Waals surface area contributed by atoms with Crippen molar-refractivity contribution in [1.82, 2.24) is 14.5 Å². The number of carbonyl (C=O) groups is 2. The predicted octanol–water partition coefficient (Wildman–Crippen LogP) is 4.08. The van der Waals surface area contributed by atoms with Crippen molar-refractivity contribution in [2.24, 2.45) is 5.41 Å². The largest absolute Gasteiger partial charge is 0.468 e. The molecule has 1 spiro atoms. The number of amides is 1. The molecule has 1 fully saturated rings. The molecular weight excluding hydrogens is 452 g/mol. The van der Waals surface area contributed by atoms with Crippen LogP contribution in [0.25, 0.3) is 11.0 Å². The molecule has 6 rings (SSSR count). The van der Waals surface area contributed by atoms with Gasteiger partial charge >= 0.3 is 5.97 Å². The molecule has 7 heteroatoms. The quantitative estimate of drug-likeness (QED) is 0.446. The topological polar surface area (TPSA) is 76.5 Å². The highest BCUT2D eigenvalue weighted by Crippen LogP contribution is 2.63. The molecule has 0 saturated carbocycles. The third kappa shape index (κ3) is 2.80. The monoisotopic (exact) mass is 480 g/mol. The molecule has 1 amide bonds. The molecule has 3 heterocycles. The van der Waals surface area contributed by atoms with Crippen molar-refractivity contribution in [3.05, 3.63) is 95.8 Å².